The summed E-state index contributed by atoms with van der Waals surface area (Å²) >= 11 is 0. The number of benzene rings is 3. The molecule has 0 aromatic heterocycles. The first-order valence-electron chi connectivity index (χ1n) is 9.53. The van der Waals surface area contributed by atoms with E-state index in [2.05, 4.69) is 10.0 Å². The molecule has 1 amide bonds. The standard InChI is InChI=1S/C23H23FN2O3S/c1-3-25-30(28,29)19-13-14-21(24)20(15-19)23(27)26-22(17-7-5-4-6-8-17)18-11-9-16(2)10-12-18/h4-15,22,25H,3H2,1-2H3,(H,26,27). The second-order valence-corrected chi connectivity index (χ2v) is 8.64. The molecule has 0 fully saturated rings. The normalized spacial score (nSPS) is 12.4. The van der Waals surface area contributed by atoms with Gasteiger partial charge in [0, 0.05) is 6.54 Å². The van der Waals surface area contributed by atoms with E-state index in [1.165, 1.54) is 0 Å². The largest absolute Gasteiger partial charge is 0.341 e. The second kappa shape index (κ2) is 9.19. The van der Waals surface area contributed by atoms with Crippen LogP contribution < -0.4 is 10.0 Å². The van der Waals surface area contributed by atoms with Crippen molar-refractivity contribution in [2.45, 2.75) is 24.8 Å². The third-order valence-electron chi connectivity index (χ3n) is 4.65. The van der Waals surface area contributed by atoms with Gasteiger partial charge in [0.2, 0.25) is 10.0 Å². The molecule has 30 heavy (non-hydrogen) atoms. The van der Waals surface area contributed by atoms with Crippen LogP contribution in [0.5, 0.6) is 0 Å². The number of nitrogens with one attached hydrogen (secondary N) is 2. The smallest absolute Gasteiger partial charge is 0.255 e. The maximum atomic E-state index is 14.4. The van der Waals surface area contributed by atoms with Crippen LogP contribution in [0, 0.1) is 12.7 Å². The van der Waals surface area contributed by atoms with Crippen LogP contribution in [-0.2, 0) is 10.0 Å². The second-order valence-electron chi connectivity index (χ2n) is 6.87. The number of hydrogen-bond acceptors (Lipinski definition) is 3. The molecule has 0 heterocycles. The minimum atomic E-state index is -3.82. The van der Waals surface area contributed by atoms with Crippen LogP contribution >= 0.6 is 0 Å². The maximum absolute atomic E-state index is 14.4. The molecule has 3 rings (SSSR count). The summed E-state index contributed by atoms with van der Waals surface area (Å²) in [5, 5.41) is 2.84. The Bertz CT molecular complexity index is 1130. The summed E-state index contributed by atoms with van der Waals surface area (Å²) in [6.45, 7) is 3.79. The van der Waals surface area contributed by atoms with Crippen LogP contribution in [0.3, 0.4) is 0 Å². The fourth-order valence-electron chi connectivity index (χ4n) is 3.09. The Morgan fingerprint density at radius 2 is 1.60 bits per heavy atom. The van der Waals surface area contributed by atoms with Gasteiger partial charge in [0.25, 0.3) is 5.91 Å². The van der Waals surface area contributed by atoms with E-state index in [-0.39, 0.29) is 17.0 Å². The summed E-state index contributed by atoms with van der Waals surface area (Å²) in [5.74, 6) is -1.49. The van der Waals surface area contributed by atoms with Crippen molar-refractivity contribution in [3.63, 3.8) is 0 Å². The number of sulfonamides is 1. The minimum Gasteiger partial charge on any atom is -0.341 e. The highest BCUT2D eigenvalue weighted by Crippen LogP contribution is 2.24. The molecule has 0 bridgehead atoms. The van der Waals surface area contributed by atoms with E-state index in [0.717, 1.165) is 34.9 Å². The Hall–Kier alpha value is -3.03. The van der Waals surface area contributed by atoms with Gasteiger partial charge < -0.3 is 5.32 Å². The number of aryl methyl sites for hydroxylation is 1. The van der Waals surface area contributed by atoms with Gasteiger partial charge in [0.1, 0.15) is 5.82 Å². The summed E-state index contributed by atoms with van der Waals surface area (Å²) in [7, 11) is -3.82. The van der Waals surface area contributed by atoms with Crippen molar-refractivity contribution in [1.82, 2.24) is 10.0 Å². The number of hydrogen-bond donors (Lipinski definition) is 2. The van der Waals surface area contributed by atoms with Gasteiger partial charge in [-0.05, 0) is 36.2 Å². The van der Waals surface area contributed by atoms with E-state index in [4.69, 9.17) is 0 Å². The monoisotopic (exact) mass is 426 g/mol. The fraction of sp³-hybridized carbons (Fsp3) is 0.174. The number of amides is 1. The van der Waals surface area contributed by atoms with Gasteiger partial charge in [-0.25, -0.2) is 17.5 Å². The molecule has 0 aliphatic carbocycles. The van der Waals surface area contributed by atoms with Crippen LogP contribution in [-0.4, -0.2) is 20.9 Å². The Morgan fingerprint density at radius 3 is 2.23 bits per heavy atom. The van der Waals surface area contributed by atoms with Crippen molar-refractivity contribution in [3.05, 3.63) is 101 Å². The third-order valence-corrected chi connectivity index (χ3v) is 6.19. The predicted molar refractivity (Wildman–Crippen MR) is 114 cm³/mol. The van der Waals surface area contributed by atoms with Gasteiger partial charge in [-0.2, -0.15) is 0 Å². The third kappa shape index (κ3) is 4.93. The molecule has 1 atom stereocenters. The summed E-state index contributed by atoms with van der Waals surface area (Å²) in [6, 6.07) is 19.6. The molecule has 3 aromatic rings. The summed E-state index contributed by atoms with van der Waals surface area (Å²) in [5.41, 5.74) is 2.40. The van der Waals surface area contributed by atoms with Gasteiger partial charge in [-0.15, -0.1) is 0 Å². The number of halogens is 1. The average Bonchev–Trinajstić information content (AvgIpc) is 2.73. The number of rotatable bonds is 7. The molecule has 7 heteroatoms. The first-order valence-corrected chi connectivity index (χ1v) is 11.0. The molecular formula is C23H23FN2O3S. The van der Waals surface area contributed by atoms with Crippen LogP contribution in [0.4, 0.5) is 4.39 Å². The molecule has 3 aromatic carbocycles. The highest BCUT2D eigenvalue weighted by atomic mass is 32.2. The summed E-state index contributed by atoms with van der Waals surface area (Å²) < 4.78 is 41.3. The van der Waals surface area contributed by atoms with Gasteiger partial charge in [0.15, 0.2) is 0 Å². The lowest BCUT2D eigenvalue weighted by atomic mass is 9.97. The molecule has 5 nitrogen and oxygen atoms in total. The van der Waals surface area contributed by atoms with E-state index >= 15 is 0 Å². The van der Waals surface area contributed by atoms with Crippen molar-refractivity contribution in [2.24, 2.45) is 0 Å². The van der Waals surface area contributed by atoms with Crippen molar-refractivity contribution in [1.29, 1.82) is 0 Å². The van der Waals surface area contributed by atoms with E-state index in [1.807, 2.05) is 61.5 Å². The molecule has 0 saturated carbocycles. The quantitative estimate of drug-likeness (QED) is 0.601. The number of carbonyl (C=O) groups excluding carboxylic acids is 1. The Kier molecular flexibility index (Phi) is 6.64. The van der Waals surface area contributed by atoms with Crippen molar-refractivity contribution in [2.75, 3.05) is 6.54 Å². The van der Waals surface area contributed by atoms with E-state index < -0.39 is 27.8 Å². The minimum absolute atomic E-state index is 0.164. The first-order chi connectivity index (χ1) is 14.3. The summed E-state index contributed by atoms with van der Waals surface area (Å²) in [6.07, 6.45) is 0. The SMILES string of the molecule is CCNS(=O)(=O)c1ccc(F)c(C(=O)NC(c2ccccc2)c2ccc(C)cc2)c1. The fourth-order valence-corrected chi connectivity index (χ4v) is 4.16. The van der Waals surface area contributed by atoms with Crippen LogP contribution in [0.1, 0.15) is 40.0 Å². The molecule has 0 saturated heterocycles. The average molecular weight is 427 g/mol. The lowest BCUT2D eigenvalue weighted by Crippen LogP contribution is -2.30. The molecule has 2 N–H and O–H groups in total. The zero-order chi connectivity index (χ0) is 21.7. The molecule has 1 unspecified atom stereocenters. The van der Waals surface area contributed by atoms with Crippen molar-refractivity contribution in [3.8, 4) is 0 Å². The van der Waals surface area contributed by atoms with Crippen LogP contribution in [0.25, 0.3) is 0 Å². The highest BCUT2D eigenvalue weighted by molar-refractivity contribution is 7.89. The summed E-state index contributed by atoms with van der Waals surface area (Å²) in [4.78, 5) is 12.8. The molecule has 0 spiro atoms. The lowest BCUT2D eigenvalue weighted by Gasteiger charge is -2.20. The zero-order valence-corrected chi connectivity index (χ0v) is 17.5. The van der Waals surface area contributed by atoms with Crippen LogP contribution in [0.2, 0.25) is 0 Å². The maximum Gasteiger partial charge on any atom is 0.255 e. The topological polar surface area (TPSA) is 75.3 Å². The highest BCUT2D eigenvalue weighted by Gasteiger charge is 2.22. The zero-order valence-electron chi connectivity index (χ0n) is 16.7. The molecule has 0 aliphatic rings. The molecule has 156 valence electrons. The van der Waals surface area contributed by atoms with Gasteiger partial charge in [-0.3, -0.25) is 4.79 Å². The molecule has 0 aliphatic heterocycles. The molecule has 0 radical (unpaired) electrons. The van der Waals surface area contributed by atoms with Crippen molar-refractivity contribution >= 4 is 15.9 Å². The van der Waals surface area contributed by atoms with Crippen LogP contribution in [0.15, 0.2) is 77.7 Å². The Labute approximate surface area is 176 Å². The van der Waals surface area contributed by atoms with E-state index in [9.17, 15) is 17.6 Å². The van der Waals surface area contributed by atoms with Gasteiger partial charge in [-0.1, -0.05) is 67.1 Å². The predicted octanol–water partition coefficient (Wildman–Crippen LogP) is 3.95. The number of carbonyl (C=O) groups is 1. The van der Waals surface area contributed by atoms with Crippen molar-refractivity contribution < 1.29 is 17.6 Å². The molecular weight excluding hydrogens is 403 g/mol. The lowest BCUT2D eigenvalue weighted by molar-refractivity contribution is 0.0938. The van der Waals surface area contributed by atoms with Gasteiger partial charge >= 0.3 is 0 Å². The van der Waals surface area contributed by atoms with E-state index in [0.29, 0.717) is 0 Å². The Balaban J connectivity index is 1.98. The van der Waals surface area contributed by atoms with E-state index in [1.54, 1.807) is 6.92 Å². The Morgan fingerprint density at radius 1 is 0.967 bits per heavy atom. The first kappa shape index (κ1) is 21.7. The van der Waals surface area contributed by atoms with Gasteiger partial charge in [0.05, 0.1) is 16.5 Å².